The van der Waals surface area contributed by atoms with E-state index in [0.717, 1.165) is 24.3 Å². The molecule has 106 valence electrons. The van der Waals surface area contributed by atoms with Crippen molar-refractivity contribution in [2.75, 3.05) is 25.0 Å². The summed E-state index contributed by atoms with van der Waals surface area (Å²) >= 11 is 0. The van der Waals surface area contributed by atoms with E-state index in [0.29, 0.717) is 19.7 Å². The summed E-state index contributed by atoms with van der Waals surface area (Å²) in [5.74, 6) is 0.808. The predicted octanol–water partition coefficient (Wildman–Crippen LogP) is 2.88. The molecule has 2 aliphatic rings. The van der Waals surface area contributed by atoms with Gasteiger partial charge in [0.1, 0.15) is 5.75 Å². The van der Waals surface area contributed by atoms with E-state index in [9.17, 15) is 4.79 Å². The van der Waals surface area contributed by atoms with Crippen molar-refractivity contribution in [1.82, 2.24) is 4.90 Å². The molecule has 0 saturated carbocycles. The van der Waals surface area contributed by atoms with Crippen molar-refractivity contribution in [2.24, 2.45) is 10.2 Å². The minimum absolute atomic E-state index is 0.0651. The second-order valence-electron chi connectivity index (χ2n) is 5.06. The van der Waals surface area contributed by atoms with Gasteiger partial charge in [0.2, 0.25) is 0 Å². The Kier molecular flexibility index (Phi) is 3.30. The van der Waals surface area contributed by atoms with E-state index in [1.807, 2.05) is 36.1 Å². The van der Waals surface area contributed by atoms with Gasteiger partial charge in [-0.05, 0) is 31.2 Å². The van der Waals surface area contributed by atoms with Gasteiger partial charge in [-0.25, -0.2) is 4.79 Å². The molecule has 0 bridgehead atoms. The number of hydrogen-bond donors (Lipinski definition) is 1. The predicted molar refractivity (Wildman–Crippen MR) is 75.0 cm³/mol. The van der Waals surface area contributed by atoms with Crippen molar-refractivity contribution in [3.8, 4) is 5.75 Å². The van der Waals surface area contributed by atoms with Crippen molar-refractivity contribution >= 4 is 11.7 Å². The average Bonchev–Trinajstić information content (AvgIpc) is 3.21. The lowest BCUT2D eigenvalue weighted by molar-refractivity contribution is 0.189. The standard InChI is InChI=1S/C14H18N4O2/c1-2-20-12-5-3-11(4-6-12)15-13(19)18-9-7-14(8-10-18)16-17-14/h3-6H,2,7-10H2,1H3,(H,15,19). The minimum Gasteiger partial charge on any atom is -0.494 e. The Balaban J connectivity index is 1.53. The number of carbonyl (C=O) groups excluding carboxylic acids is 1. The van der Waals surface area contributed by atoms with Crippen LogP contribution in [0.5, 0.6) is 5.75 Å². The smallest absolute Gasteiger partial charge is 0.321 e. The SMILES string of the molecule is CCOc1ccc(NC(=O)N2CCC3(CC2)N=N3)cc1. The van der Waals surface area contributed by atoms with Gasteiger partial charge in [-0.2, -0.15) is 10.2 Å². The summed E-state index contributed by atoms with van der Waals surface area (Å²) in [7, 11) is 0. The molecule has 2 aliphatic heterocycles. The van der Waals surface area contributed by atoms with Crippen LogP contribution in [0.1, 0.15) is 19.8 Å². The number of likely N-dealkylation sites (tertiary alicyclic amines) is 1. The van der Waals surface area contributed by atoms with Gasteiger partial charge in [0.05, 0.1) is 6.61 Å². The molecule has 3 rings (SSSR count). The number of rotatable bonds is 3. The first-order valence-electron chi connectivity index (χ1n) is 6.94. The van der Waals surface area contributed by atoms with Gasteiger partial charge in [0.15, 0.2) is 5.66 Å². The number of piperidine rings is 1. The number of nitrogens with one attached hydrogen (secondary N) is 1. The van der Waals surface area contributed by atoms with Crippen LogP contribution in [0.15, 0.2) is 34.5 Å². The number of ether oxygens (including phenoxy) is 1. The maximum Gasteiger partial charge on any atom is 0.321 e. The van der Waals surface area contributed by atoms with Crippen molar-refractivity contribution in [3.63, 3.8) is 0 Å². The van der Waals surface area contributed by atoms with Crippen LogP contribution in [0.4, 0.5) is 10.5 Å². The molecule has 0 atom stereocenters. The summed E-state index contributed by atoms with van der Waals surface area (Å²) < 4.78 is 5.37. The molecule has 0 aromatic heterocycles. The number of carbonyl (C=O) groups is 1. The molecule has 6 nitrogen and oxygen atoms in total. The topological polar surface area (TPSA) is 66.3 Å². The summed E-state index contributed by atoms with van der Waals surface area (Å²) in [5.41, 5.74) is 0.634. The summed E-state index contributed by atoms with van der Waals surface area (Å²) in [6.07, 6.45) is 1.67. The highest BCUT2D eigenvalue weighted by Crippen LogP contribution is 2.38. The van der Waals surface area contributed by atoms with E-state index < -0.39 is 0 Å². The zero-order valence-corrected chi connectivity index (χ0v) is 11.5. The maximum atomic E-state index is 12.1. The first-order chi connectivity index (χ1) is 9.71. The molecule has 1 spiro atoms. The van der Waals surface area contributed by atoms with Crippen molar-refractivity contribution in [2.45, 2.75) is 25.4 Å². The van der Waals surface area contributed by atoms with Crippen molar-refractivity contribution in [1.29, 1.82) is 0 Å². The molecule has 1 N–H and O–H groups in total. The first-order valence-corrected chi connectivity index (χ1v) is 6.94. The van der Waals surface area contributed by atoms with E-state index in [2.05, 4.69) is 15.5 Å². The van der Waals surface area contributed by atoms with Crippen LogP contribution in [-0.2, 0) is 0 Å². The summed E-state index contributed by atoms with van der Waals surface area (Å²) in [6, 6.07) is 7.34. The number of urea groups is 1. The van der Waals surface area contributed by atoms with Gasteiger partial charge in [0.25, 0.3) is 0 Å². The van der Waals surface area contributed by atoms with Gasteiger partial charge >= 0.3 is 6.03 Å². The zero-order valence-electron chi connectivity index (χ0n) is 11.5. The Morgan fingerprint density at radius 2 is 1.95 bits per heavy atom. The lowest BCUT2D eigenvalue weighted by Crippen LogP contribution is -2.43. The molecule has 6 heteroatoms. The molecule has 1 fully saturated rings. The van der Waals surface area contributed by atoms with Crippen LogP contribution in [0.25, 0.3) is 0 Å². The molecular formula is C14H18N4O2. The number of benzene rings is 1. The molecule has 2 amide bonds. The molecule has 0 unspecified atom stereocenters. The quantitative estimate of drug-likeness (QED) is 0.921. The Bertz CT molecular complexity index is 510. The number of amides is 2. The third-order valence-corrected chi connectivity index (χ3v) is 3.65. The van der Waals surface area contributed by atoms with Crippen LogP contribution in [0.3, 0.4) is 0 Å². The minimum atomic E-state index is -0.143. The first kappa shape index (κ1) is 12.9. The monoisotopic (exact) mass is 274 g/mol. The Morgan fingerprint density at radius 3 is 2.50 bits per heavy atom. The maximum absolute atomic E-state index is 12.1. The van der Waals surface area contributed by atoms with Gasteiger partial charge in [-0.3, -0.25) is 0 Å². The van der Waals surface area contributed by atoms with E-state index in [1.165, 1.54) is 0 Å². The summed E-state index contributed by atoms with van der Waals surface area (Å²) in [5, 5.41) is 11.0. The Labute approximate surface area is 117 Å². The van der Waals surface area contributed by atoms with E-state index >= 15 is 0 Å². The normalized spacial score (nSPS) is 18.9. The fourth-order valence-corrected chi connectivity index (χ4v) is 2.34. The summed E-state index contributed by atoms with van der Waals surface area (Å²) in [6.45, 7) is 3.99. The van der Waals surface area contributed by atoms with E-state index in [4.69, 9.17) is 4.74 Å². The van der Waals surface area contributed by atoms with Gasteiger partial charge in [-0.1, -0.05) is 0 Å². The van der Waals surface area contributed by atoms with Crippen LogP contribution < -0.4 is 10.1 Å². The molecule has 0 aliphatic carbocycles. The number of hydrogen-bond acceptors (Lipinski definition) is 4. The van der Waals surface area contributed by atoms with Crippen molar-refractivity contribution < 1.29 is 9.53 Å². The van der Waals surface area contributed by atoms with Gasteiger partial charge in [0, 0.05) is 31.6 Å². The zero-order chi connectivity index (χ0) is 14.0. The lowest BCUT2D eigenvalue weighted by atomic mass is 10.0. The molecule has 1 saturated heterocycles. The van der Waals surface area contributed by atoms with Gasteiger partial charge < -0.3 is 15.0 Å². The molecule has 0 radical (unpaired) electrons. The number of anilines is 1. The molecule has 2 heterocycles. The van der Waals surface area contributed by atoms with Crippen LogP contribution in [0, 0.1) is 0 Å². The van der Waals surface area contributed by atoms with Crippen LogP contribution in [-0.4, -0.2) is 36.3 Å². The fourth-order valence-electron chi connectivity index (χ4n) is 2.34. The van der Waals surface area contributed by atoms with Crippen LogP contribution >= 0.6 is 0 Å². The van der Waals surface area contributed by atoms with Gasteiger partial charge in [-0.15, -0.1) is 0 Å². The molecular weight excluding hydrogens is 256 g/mol. The summed E-state index contributed by atoms with van der Waals surface area (Å²) in [4.78, 5) is 13.9. The Morgan fingerprint density at radius 1 is 1.30 bits per heavy atom. The molecule has 1 aromatic carbocycles. The fraction of sp³-hybridized carbons (Fsp3) is 0.500. The average molecular weight is 274 g/mol. The molecule has 1 aromatic rings. The lowest BCUT2D eigenvalue weighted by Gasteiger charge is -2.29. The largest absolute Gasteiger partial charge is 0.494 e. The number of nitrogens with zero attached hydrogens (tertiary/aromatic N) is 3. The highest BCUT2D eigenvalue weighted by atomic mass is 16.5. The second kappa shape index (κ2) is 5.11. The van der Waals surface area contributed by atoms with Crippen molar-refractivity contribution in [3.05, 3.63) is 24.3 Å². The molecule has 20 heavy (non-hydrogen) atoms. The highest BCUT2D eigenvalue weighted by Gasteiger charge is 2.43. The van der Waals surface area contributed by atoms with E-state index in [1.54, 1.807) is 0 Å². The van der Waals surface area contributed by atoms with Crippen LogP contribution in [0.2, 0.25) is 0 Å². The second-order valence-corrected chi connectivity index (χ2v) is 5.06. The third-order valence-electron chi connectivity index (χ3n) is 3.65. The van der Waals surface area contributed by atoms with E-state index in [-0.39, 0.29) is 11.7 Å². The third kappa shape index (κ3) is 2.74. The Hall–Kier alpha value is -2.11. The highest BCUT2D eigenvalue weighted by molar-refractivity contribution is 5.89.